The first-order valence-corrected chi connectivity index (χ1v) is 26.5. The van der Waals surface area contributed by atoms with Gasteiger partial charge in [0.25, 0.3) is 0 Å². The average Bonchev–Trinajstić information content (AvgIpc) is 3.96. The summed E-state index contributed by atoms with van der Waals surface area (Å²) >= 11 is 0. The number of hydrogen-bond donors (Lipinski definition) is 0. The summed E-state index contributed by atoms with van der Waals surface area (Å²) in [6.45, 7) is 15.7. The number of furan rings is 1. The quantitative estimate of drug-likeness (QED) is 0.106. The second kappa shape index (κ2) is 19.4. The van der Waals surface area contributed by atoms with Gasteiger partial charge in [0.15, 0.2) is 5.65 Å². The topological polar surface area (TPSA) is 69.6 Å². The zero-order valence-electron chi connectivity index (χ0n) is 41.3. The Balaban J connectivity index is 0.000000200. The standard InChI is InChI=1S/C39H31N4O.C21H22NSi.Ir/c1-23(2)31-21-26(25-13-6-5-7-14-25)22-32(24(3)4)35(31)43-36-29-16-8-10-19-33(29)41-42-38(36)40-39(43)30-18-12-17-28-27-15-9-11-20-34(27)44-37(28)30;1-23(2,3)21-16-22-20(18-12-8-5-9-13-18)15-19(21)14-17-10-6-4-7-11-17;/h5-17,19-24H,1-4H3;4-12,15-16H,14H2,1-3H3;/q2*-1;/i;14D2;. The van der Waals surface area contributed by atoms with Crippen LogP contribution in [0.2, 0.25) is 19.6 Å². The zero-order valence-corrected chi connectivity index (χ0v) is 42.7. The average molecular weight is 1080 g/mol. The maximum absolute atomic E-state index is 8.84. The predicted molar refractivity (Wildman–Crippen MR) is 280 cm³/mol. The second-order valence-corrected chi connectivity index (χ2v) is 23.7. The van der Waals surface area contributed by atoms with Gasteiger partial charge in [0.1, 0.15) is 5.58 Å². The van der Waals surface area contributed by atoms with Crippen LogP contribution in [0, 0.1) is 12.1 Å². The Hall–Kier alpha value is -6.83. The number of imidazole rings is 1. The van der Waals surface area contributed by atoms with Crippen LogP contribution < -0.4 is 5.19 Å². The molecule has 0 N–H and O–H groups in total. The fourth-order valence-electron chi connectivity index (χ4n) is 8.97. The molecule has 0 aliphatic heterocycles. The number of fused-ring (bicyclic) bond motifs is 6. The number of para-hydroxylation sites is 1. The Morgan fingerprint density at radius 2 is 1.32 bits per heavy atom. The minimum Gasteiger partial charge on any atom is -0.501 e. The van der Waals surface area contributed by atoms with Crippen molar-refractivity contribution in [2.45, 2.75) is 65.5 Å². The SMILES string of the molecule is CC(C)c1cc(-c2ccccc2)cc(C(C)C)c1-n1c(-c2[c-]ccc3c2oc2ccccc23)nc2nnc3ccccc3c21.[2H]C([2H])(c1ccccc1)c1cc(-c2[c-]cccc2)ncc1[Si](C)(C)C.[Ir]. The summed E-state index contributed by atoms with van der Waals surface area (Å²) in [6, 6.07) is 61.4. The number of pyridine rings is 1. The first-order chi connectivity index (χ1) is 33.3. The predicted octanol–water partition coefficient (Wildman–Crippen LogP) is 14.9. The molecule has 11 aromatic rings. The summed E-state index contributed by atoms with van der Waals surface area (Å²) in [4.78, 5) is 9.83. The van der Waals surface area contributed by atoms with Crippen LogP contribution >= 0.6 is 0 Å². The molecule has 68 heavy (non-hydrogen) atoms. The Morgan fingerprint density at radius 3 is 2.01 bits per heavy atom. The van der Waals surface area contributed by atoms with Gasteiger partial charge in [-0.05, 0) is 81.2 Å². The Labute approximate surface area is 416 Å². The van der Waals surface area contributed by atoms with Crippen molar-refractivity contribution in [3.8, 4) is 39.5 Å². The van der Waals surface area contributed by atoms with Gasteiger partial charge in [-0.2, -0.15) is 0 Å². The van der Waals surface area contributed by atoms with Crippen LogP contribution in [0.1, 0.15) is 64.5 Å². The van der Waals surface area contributed by atoms with Crippen molar-refractivity contribution in [3.63, 3.8) is 0 Å². The van der Waals surface area contributed by atoms with Gasteiger partial charge in [-0.1, -0.05) is 167 Å². The van der Waals surface area contributed by atoms with Crippen molar-refractivity contribution >= 4 is 57.3 Å². The fourth-order valence-corrected chi connectivity index (χ4v) is 10.4. The molecule has 0 atom stereocenters. The molecule has 7 aromatic carbocycles. The van der Waals surface area contributed by atoms with Crippen LogP contribution in [0.25, 0.3) is 83.5 Å². The van der Waals surface area contributed by atoms with E-state index in [2.05, 4.69) is 146 Å². The molecule has 339 valence electrons. The van der Waals surface area contributed by atoms with E-state index in [1.54, 1.807) is 0 Å². The van der Waals surface area contributed by atoms with Crippen LogP contribution in [0.5, 0.6) is 0 Å². The first-order valence-electron chi connectivity index (χ1n) is 24.0. The van der Waals surface area contributed by atoms with Crippen molar-refractivity contribution in [2.75, 3.05) is 0 Å². The van der Waals surface area contributed by atoms with E-state index >= 15 is 0 Å². The molecule has 0 bridgehead atoms. The van der Waals surface area contributed by atoms with Gasteiger partial charge in [-0.15, -0.1) is 64.3 Å². The molecule has 0 amide bonds. The molecule has 1 radical (unpaired) electrons. The minimum atomic E-state index is -1.76. The molecule has 0 aliphatic carbocycles. The number of nitrogens with zero attached hydrogens (tertiary/aromatic N) is 5. The van der Waals surface area contributed by atoms with E-state index in [0.717, 1.165) is 77.4 Å². The maximum atomic E-state index is 8.84. The largest absolute Gasteiger partial charge is 0.501 e. The Bertz CT molecular complexity index is 3610. The van der Waals surface area contributed by atoms with Crippen molar-refractivity contribution < 1.29 is 27.3 Å². The summed E-state index contributed by atoms with van der Waals surface area (Å²) in [7, 11) is -1.76. The van der Waals surface area contributed by atoms with Gasteiger partial charge in [-0.3, -0.25) is 4.98 Å². The second-order valence-electron chi connectivity index (χ2n) is 18.7. The third kappa shape index (κ3) is 9.00. The molecule has 0 saturated heterocycles. The normalized spacial score (nSPS) is 12.3. The molecule has 4 heterocycles. The molecule has 4 aromatic heterocycles. The van der Waals surface area contributed by atoms with Crippen molar-refractivity contribution in [2.24, 2.45) is 0 Å². The molecular weight excluding hydrogens is 1030 g/mol. The smallest absolute Gasteiger partial charge is 0.191 e. The van der Waals surface area contributed by atoms with Gasteiger partial charge < -0.3 is 14.0 Å². The molecule has 0 saturated carbocycles. The van der Waals surface area contributed by atoms with E-state index in [-0.39, 0.29) is 31.9 Å². The number of aromatic nitrogens is 5. The van der Waals surface area contributed by atoms with Crippen LogP contribution in [0.3, 0.4) is 0 Å². The molecule has 6 nitrogen and oxygen atoms in total. The number of rotatable bonds is 9. The summed E-state index contributed by atoms with van der Waals surface area (Å²) < 4.78 is 26.5. The van der Waals surface area contributed by atoms with Crippen LogP contribution in [-0.4, -0.2) is 32.8 Å². The van der Waals surface area contributed by atoms with Crippen LogP contribution in [0.4, 0.5) is 0 Å². The van der Waals surface area contributed by atoms with E-state index in [1.165, 1.54) is 22.3 Å². The number of hydrogen-bond acceptors (Lipinski definition) is 5. The van der Waals surface area contributed by atoms with E-state index in [1.807, 2.05) is 103 Å². The third-order valence-electron chi connectivity index (χ3n) is 12.3. The van der Waals surface area contributed by atoms with E-state index < -0.39 is 14.4 Å². The number of benzene rings is 7. The zero-order chi connectivity index (χ0) is 48.0. The summed E-state index contributed by atoms with van der Waals surface area (Å²) in [5.41, 5.74) is 13.8. The van der Waals surface area contributed by atoms with E-state index in [4.69, 9.17) is 12.1 Å². The molecule has 0 spiro atoms. The molecule has 0 aliphatic rings. The van der Waals surface area contributed by atoms with E-state index in [9.17, 15) is 0 Å². The molecule has 11 rings (SSSR count). The molecule has 8 heteroatoms. The van der Waals surface area contributed by atoms with Crippen molar-refractivity contribution in [1.29, 1.82) is 0 Å². The monoisotopic (exact) mass is 1080 g/mol. The molecule has 0 fully saturated rings. The van der Waals surface area contributed by atoms with Gasteiger partial charge in [0.05, 0.1) is 30.5 Å². The third-order valence-corrected chi connectivity index (χ3v) is 14.3. The van der Waals surface area contributed by atoms with Gasteiger partial charge >= 0.3 is 0 Å². The van der Waals surface area contributed by atoms with Gasteiger partial charge in [0, 0.05) is 45.5 Å². The fraction of sp³-hybridized carbons (Fsp3) is 0.167. The Morgan fingerprint density at radius 1 is 0.662 bits per heavy atom. The van der Waals surface area contributed by atoms with Gasteiger partial charge in [-0.25, -0.2) is 0 Å². The maximum Gasteiger partial charge on any atom is 0.191 e. The summed E-state index contributed by atoms with van der Waals surface area (Å²) in [6.07, 6.45) is 0.307. The molecular formula is C60H53IrN5OSi-2. The molecule has 0 unspecified atom stereocenters. The van der Waals surface area contributed by atoms with Gasteiger partial charge in [0.2, 0.25) is 0 Å². The van der Waals surface area contributed by atoms with Crippen LogP contribution in [0.15, 0.2) is 174 Å². The summed E-state index contributed by atoms with van der Waals surface area (Å²) in [5.74, 6) is 1.22. The van der Waals surface area contributed by atoms with Crippen molar-refractivity contribution in [1.82, 2.24) is 24.7 Å². The minimum absolute atomic E-state index is 0. The first kappa shape index (κ1) is 43.7. The van der Waals surface area contributed by atoms with Crippen LogP contribution in [-0.2, 0) is 26.5 Å². The Kier molecular flexibility index (Phi) is 12.5. The van der Waals surface area contributed by atoms with E-state index in [0.29, 0.717) is 11.2 Å². The van der Waals surface area contributed by atoms with Crippen molar-refractivity contribution in [3.05, 3.63) is 204 Å². The summed E-state index contributed by atoms with van der Waals surface area (Å²) in [5, 5.41) is 13.4.